The molecule has 1 N–H and O–H groups in total. The summed E-state index contributed by atoms with van der Waals surface area (Å²) < 4.78 is 4.93. The molecule has 0 spiro atoms. The molecular formula is C15H13N5O2S. The van der Waals surface area contributed by atoms with Gasteiger partial charge in [-0.05, 0) is 31.2 Å². The molecule has 0 saturated heterocycles. The van der Waals surface area contributed by atoms with Gasteiger partial charge in [0.1, 0.15) is 5.03 Å². The Morgan fingerprint density at radius 2 is 2.04 bits per heavy atom. The first kappa shape index (κ1) is 15.2. The molecule has 0 saturated carbocycles. The standard InChI is InChI=1S/C15H13N5O2S/c1-10-8-14(22-20-10)17-13(21)9-23-15-3-2-12(18-19-15)11-4-6-16-7-5-11/h2-8H,9H2,1H3,(H,17,21). The molecule has 23 heavy (non-hydrogen) atoms. The molecule has 8 heteroatoms. The van der Waals surface area contributed by atoms with E-state index in [0.29, 0.717) is 16.6 Å². The zero-order chi connectivity index (χ0) is 16.1. The minimum atomic E-state index is -0.189. The van der Waals surface area contributed by atoms with Crippen LogP contribution in [0.4, 0.5) is 5.88 Å². The van der Waals surface area contributed by atoms with Crippen molar-refractivity contribution in [3.8, 4) is 11.3 Å². The maximum absolute atomic E-state index is 11.8. The molecule has 1 amide bonds. The molecule has 0 bridgehead atoms. The highest BCUT2D eigenvalue weighted by molar-refractivity contribution is 7.99. The number of anilines is 1. The molecule has 0 aliphatic rings. The van der Waals surface area contributed by atoms with Gasteiger partial charge in [-0.25, -0.2) is 0 Å². The molecule has 0 aromatic carbocycles. The van der Waals surface area contributed by atoms with Gasteiger partial charge in [0.05, 0.1) is 17.1 Å². The number of rotatable bonds is 5. The third-order valence-corrected chi connectivity index (χ3v) is 3.78. The fraction of sp³-hybridized carbons (Fsp3) is 0.133. The number of amides is 1. The lowest BCUT2D eigenvalue weighted by Crippen LogP contribution is -2.13. The first-order valence-electron chi connectivity index (χ1n) is 6.81. The van der Waals surface area contributed by atoms with Crippen molar-refractivity contribution < 1.29 is 9.32 Å². The van der Waals surface area contributed by atoms with E-state index in [2.05, 4.69) is 25.7 Å². The molecule has 0 fully saturated rings. The maximum atomic E-state index is 11.8. The largest absolute Gasteiger partial charge is 0.338 e. The zero-order valence-electron chi connectivity index (χ0n) is 12.3. The Balaban J connectivity index is 1.55. The van der Waals surface area contributed by atoms with Gasteiger partial charge in [0.15, 0.2) is 0 Å². The van der Waals surface area contributed by atoms with Gasteiger partial charge in [-0.3, -0.25) is 15.1 Å². The summed E-state index contributed by atoms with van der Waals surface area (Å²) in [6.45, 7) is 1.79. The summed E-state index contributed by atoms with van der Waals surface area (Å²) in [4.78, 5) is 15.8. The highest BCUT2D eigenvalue weighted by Gasteiger charge is 2.08. The zero-order valence-corrected chi connectivity index (χ0v) is 13.1. The van der Waals surface area contributed by atoms with Crippen LogP contribution in [-0.2, 0) is 4.79 Å². The number of aryl methyl sites for hydroxylation is 1. The molecule has 7 nitrogen and oxygen atoms in total. The number of aromatic nitrogens is 4. The number of nitrogens with zero attached hydrogens (tertiary/aromatic N) is 4. The second kappa shape index (κ2) is 7.01. The molecule has 0 radical (unpaired) electrons. The molecular weight excluding hydrogens is 314 g/mol. The SMILES string of the molecule is Cc1cc(NC(=O)CSc2ccc(-c3ccncc3)nn2)on1. The molecule has 3 aromatic rings. The van der Waals surface area contributed by atoms with Gasteiger partial charge in [-0.1, -0.05) is 16.9 Å². The van der Waals surface area contributed by atoms with E-state index >= 15 is 0 Å². The van der Waals surface area contributed by atoms with Crippen LogP contribution in [0.15, 0.2) is 52.3 Å². The molecule has 0 aliphatic heterocycles. The van der Waals surface area contributed by atoms with Crippen molar-refractivity contribution in [1.29, 1.82) is 0 Å². The van der Waals surface area contributed by atoms with Gasteiger partial charge in [-0.2, -0.15) is 0 Å². The van der Waals surface area contributed by atoms with Crippen LogP contribution < -0.4 is 5.32 Å². The number of thioether (sulfide) groups is 1. The normalized spacial score (nSPS) is 10.5. The van der Waals surface area contributed by atoms with Crippen LogP contribution in [0.25, 0.3) is 11.3 Å². The van der Waals surface area contributed by atoms with Gasteiger partial charge in [-0.15, -0.1) is 10.2 Å². The number of hydrogen-bond acceptors (Lipinski definition) is 7. The topological polar surface area (TPSA) is 93.8 Å². The average molecular weight is 327 g/mol. The summed E-state index contributed by atoms with van der Waals surface area (Å²) in [7, 11) is 0. The molecule has 3 aromatic heterocycles. The van der Waals surface area contributed by atoms with Crippen molar-refractivity contribution in [2.24, 2.45) is 0 Å². The van der Waals surface area contributed by atoms with Crippen molar-refractivity contribution >= 4 is 23.6 Å². The number of pyridine rings is 1. The Morgan fingerprint density at radius 1 is 1.22 bits per heavy atom. The molecule has 3 heterocycles. The second-order valence-electron chi connectivity index (χ2n) is 4.66. The summed E-state index contributed by atoms with van der Waals surface area (Å²) in [5.74, 6) is 0.363. The van der Waals surface area contributed by atoms with Crippen molar-refractivity contribution in [2.75, 3.05) is 11.1 Å². The molecule has 3 rings (SSSR count). The average Bonchev–Trinajstić information content (AvgIpc) is 2.99. The number of nitrogens with one attached hydrogen (secondary N) is 1. The molecule has 0 atom stereocenters. The summed E-state index contributed by atoms with van der Waals surface area (Å²) in [5.41, 5.74) is 2.42. The second-order valence-corrected chi connectivity index (χ2v) is 5.66. The lowest BCUT2D eigenvalue weighted by Gasteiger charge is -2.02. The fourth-order valence-electron chi connectivity index (χ4n) is 1.81. The monoisotopic (exact) mass is 327 g/mol. The highest BCUT2D eigenvalue weighted by Crippen LogP contribution is 2.19. The van der Waals surface area contributed by atoms with E-state index in [9.17, 15) is 4.79 Å². The highest BCUT2D eigenvalue weighted by atomic mass is 32.2. The van der Waals surface area contributed by atoms with Crippen LogP contribution in [0.3, 0.4) is 0 Å². The Labute approximate surface area is 136 Å². The van der Waals surface area contributed by atoms with E-state index in [4.69, 9.17) is 4.52 Å². The van der Waals surface area contributed by atoms with Crippen molar-refractivity contribution in [2.45, 2.75) is 11.9 Å². The van der Waals surface area contributed by atoms with Crippen LogP contribution in [0, 0.1) is 6.92 Å². The van der Waals surface area contributed by atoms with E-state index in [0.717, 1.165) is 11.3 Å². The predicted octanol–water partition coefficient (Wildman–Crippen LogP) is 2.57. The van der Waals surface area contributed by atoms with Gasteiger partial charge in [0.2, 0.25) is 11.8 Å². The van der Waals surface area contributed by atoms with Crippen molar-refractivity contribution in [3.05, 3.63) is 48.4 Å². The summed E-state index contributed by atoms with van der Waals surface area (Å²) in [6, 6.07) is 9.08. The predicted molar refractivity (Wildman–Crippen MR) is 85.9 cm³/mol. The van der Waals surface area contributed by atoms with E-state index in [1.165, 1.54) is 11.8 Å². The first-order chi connectivity index (χ1) is 11.2. The lowest BCUT2D eigenvalue weighted by atomic mass is 10.2. The van der Waals surface area contributed by atoms with Crippen molar-refractivity contribution in [3.63, 3.8) is 0 Å². The molecule has 0 aliphatic carbocycles. The third kappa shape index (κ3) is 4.13. The van der Waals surface area contributed by atoms with Crippen LogP contribution in [0.2, 0.25) is 0 Å². The molecule has 0 unspecified atom stereocenters. The Kier molecular flexibility index (Phi) is 4.62. The van der Waals surface area contributed by atoms with Crippen LogP contribution in [0.1, 0.15) is 5.69 Å². The quantitative estimate of drug-likeness (QED) is 0.720. The van der Waals surface area contributed by atoms with E-state index in [1.54, 1.807) is 25.4 Å². The van der Waals surface area contributed by atoms with E-state index < -0.39 is 0 Å². The Bertz CT molecular complexity index is 789. The Hall–Kier alpha value is -2.74. The summed E-state index contributed by atoms with van der Waals surface area (Å²) in [5, 5.41) is 15.3. The fourth-order valence-corrected chi connectivity index (χ4v) is 2.42. The summed E-state index contributed by atoms with van der Waals surface area (Å²) >= 11 is 1.30. The number of carbonyl (C=O) groups is 1. The first-order valence-corrected chi connectivity index (χ1v) is 7.79. The number of carbonyl (C=O) groups excluding carboxylic acids is 1. The minimum Gasteiger partial charge on any atom is -0.338 e. The third-order valence-electron chi connectivity index (χ3n) is 2.86. The van der Waals surface area contributed by atoms with E-state index in [1.807, 2.05) is 24.3 Å². The van der Waals surface area contributed by atoms with E-state index in [-0.39, 0.29) is 11.7 Å². The number of hydrogen-bond donors (Lipinski definition) is 1. The lowest BCUT2D eigenvalue weighted by molar-refractivity contribution is -0.113. The smallest absolute Gasteiger partial charge is 0.237 e. The van der Waals surface area contributed by atoms with Crippen LogP contribution in [0.5, 0.6) is 0 Å². The summed E-state index contributed by atoms with van der Waals surface area (Å²) in [6.07, 6.45) is 3.41. The minimum absolute atomic E-state index is 0.189. The maximum Gasteiger partial charge on any atom is 0.237 e. The van der Waals surface area contributed by atoms with Gasteiger partial charge in [0, 0.05) is 24.0 Å². The van der Waals surface area contributed by atoms with Crippen LogP contribution >= 0.6 is 11.8 Å². The Morgan fingerprint density at radius 3 is 2.70 bits per heavy atom. The van der Waals surface area contributed by atoms with Crippen LogP contribution in [-0.4, -0.2) is 32.0 Å². The van der Waals surface area contributed by atoms with Crippen molar-refractivity contribution in [1.82, 2.24) is 20.3 Å². The molecule has 116 valence electrons. The van der Waals surface area contributed by atoms with Gasteiger partial charge in [0.25, 0.3) is 0 Å². The van der Waals surface area contributed by atoms with Gasteiger partial charge >= 0.3 is 0 Å². The van der Waals surface area contributed by atoms with Gasteiger partial charge < -0.3 is 4.52 Å².